The molecular weight excluding hydrogens is 420 g/mol. The van der Waals surface area contributed by atoms with Gasteiger partial charge in [-0.25, -0.2) is 0 Å². The second kappa shape index (κ2) is 8.50. The van der Waals surface area contributed by atoms with E-state index in [0.717, 1.165) is 17.7 Å². The number of hydrogen-bond donors (Lipinski definition) is 1. The van der Waals surface area contributed by atoms with Crippen LogP contribution in [0.1, 0.15) is 20.8 Å². The number of halogens is 1. The van der Waals surface area contributed by atoms with Gasteiger partial charge in [-0.05, 0) is 53.8 Å². The summed E-state index contributed by atoms with van der Waals surface area (Å²) in [4.78, 5) is 28.7. The zero-order valence-electron chi connectivity index (χ0n) is 16.7. The molecule has 2 amide bonds. The lowest BCUT2D eigenvalue weighted by molar-refractivity contribution is -0.116. The first kappa shape index (κ1) is 20.4. The second-order valence-corrected chi connectivity index (χ2v) is 8.66. The highest BCUT2D eigenvalue weighted by atomic mass is 35.5. The van der Waals surface area contributed by atoms with Crippen molar-refractivity contribution in [3.63, 3.8) is 0 Å². The van der Waals surface area contributed by atoms with Gasteiger partial charge in [-0.3, -0.25) is 9.59 Å². The van der Waals surface area contributed by atoms with Gasteiger partial charge in [-0.2, -0.15) is 0 Å². The van der Waals surface area contributed by atoms with Crippen molar-refractivity contribution in [2.24, 2.45) is 0 Å². The third-order valence-electron chi connectivity index (χ3n) is 5.11. The highest BCUT2D eigenvalue weighted by Crippen LogP contribution is 2.39. The van der Waals surface area contributed by atoms with Crippen LogP contribution in [0, 0.1) is 0 Å². The minimum atomic E-state index is -0.321. The van der Waals surface area contributed by atoms with Crippen molar-refractivity contribution in [2.75, 3.05) is 26.0 Å². The quantitative estimate of drug-likeness (QED) is 0.614. The van der Waals surface area contributed by atoms with Crippen molar-refractivity contribution in [3.05, 3.63) is 69.6 Å². The van der Waals surface area contributed by atoms with Crippen molar-refractivity contribution >= 4 is 40.4 Å². The van der Waals surface area contributed by atoms with Gasteiger partial charge in [0.05, 0.1) is 24.2 Å². The number of carbonyl (C=O) groups excluding carboxylic acids is 2. The number of thiophene rings is 1. The standard InChI is InChI=1S/C23H21ClN2O3S/c1-26(13-21(27)25-18-12-16(24)9-10-19(18)29-2)23(28)20-11-15-8-7-14-5-3-4-6-17(14)22(15)30-20/h3-6,9-12H,7-8,13H2,1-2H3,(H,25,27). The van der Waals surface area contributed by atoms with E-state index in [1.807, 2.05) is 18.2 Å². The van der Waals surface area contributed by atoms with Gasteiger partial charge in [0.25, 0.3) is 5.91 Å². The smallest absolute Gasteiger partial charge is 0.264 e. The highest BCUT2D eigenvalue weighted by Gasteiger charge is 2.23. The van der Waals surface area contributed by atoms with Crippen LogP contribution in [-0.4, -0.2) is 37.4 Å². The molecule has 1 heterocycles. The summed E-state index contributed by atoms with van der Waals surface area (Å²) in [6, 6.07) is 15.3. The first-order valence-electron chi connectivity index (χ1n) is 9.56. The number of hydrogen-bond acceptors (Lipinski definition) is 4. The van der Waals surface area contributed by atoms with Crippen LogP contribution in [0.15, 0.2) is 48.5 Å². The third-order valence-corrected chi connectivity index (χ3v) is 6.54. The molecule has 0 spiro atoms. The Balaban J connectivity index is 1.47. The first-order valence-corrected chi connectivity index (χ1v) is 10.8. The number of benzene rings is 2. The van der Waals surface area contributed by atoms with Gasteiger partial charge < -0.3 is 15.0 Å². The largest absolute Gasteiger partial charge is 0.495 e. The van der Waals surface area contributed by atoms with E-state index >= 15 is 0 Å². The Hall–Kier alpha value is -2.83. The van der Waals surface area contributed by atoms with E-state index in [1.165, 1.54) is 40.0 Å². The van der Waals surface area contributed by atoms with Crippen LogP contribution < -0.4 is 10.1 Å². The molecule has 0 atom stereocenters. The molecule has 154 valence electrons. The molecule has 3 aromatic rings. The summed E-state index contributed by atoms with van der Waals surface area (Å²) in [6.07, 6.45) is 1.90. The average Bonchev–Trinajstić information content (AvgIpc) is 3.18. The van der Waals surface area contributed by atoms with Crippen molar-refractivity contribution in [1.29, 1.82) is 0 Å². The molecule has 4 rings (SSSR count). The third kappa shape index (κ3) is 4.06. The topological polar surface area (TPSA) is 58.6 Å². The van der Waals surface area contributed by atoms with E-state index in [2.05, 4.69) is 17.4 Å². The Morgan fingerprint density at radius 2 is 1.90 bits per heavy atom. The average molecular weight is 441 g/mol. The zero-order chi connectivity index (χ0) is 21.3. The van der Waals surface area contributed by atoms with Gasteiger partial charge in [-0.1, -0.05) is 35.9 Å². The van der Waals surface area contributed by atoms with E-state index in [9.17, 15) is 9.59 Å². The van der Waals surface area contributed by atoms with E-state index in [1.54, 1.807) is 25.2 Å². The predicted octanol–water partition coefficient (Wildman–Crippen LogP) is 4.89. The van der Waals surface area contributed by atoms with Gasteiger partial charge in [0.1, 0.15) is 5.75 Å². The van der Waals surface area contributed by atoms with Crippen molar-refractivity contribution in [1.82, 2.24) is 4.90 Å². The van der Waals surface area contributed by atoms with Crippen LogP contribution in [-0.2, 0) is 17.6 Å². The highest BCUT2D eigenvalue weighted by molar-refractivity contribution is 7.17. The molecule has 1 aliphatic carbocycles. The lowest BCUT2D eigenvalue weighted by atomic mass is 9.91. The number of methoxy groups -OCH3 is 1. The minimum absolute atomic E-state index is 0.0757. The van der Waals surface area contributed by atoms with Crippen molar-refractivity contribution < 1.29 is 14.3 Å². The van der Waals surface area contributed by atoms with Crippen LogP contribution in [0.2, 0.25) is 5.02 Å². The molecule has 0 unspecified atom stereocenters. The Labute approximate surface area is 184 Å². The molecular formula is C23H21ClN2O3S. The molecule has 2 aromatic carbocycles. The van der Waals surface area contributed by atoms with Crippen LogP contribution >= 0.6 is 22.9 Å². The van der Waals surface area contributed by atoms with Gasteiger partial charge in [0, 0.05) is 16.9 Å². The van der Waals surface area contributed by atoms with Crippen LogP contribution in [0.3, 0.4) is 0 Å². The van der Waals surface area contributed by atoms with E-state index < -0.39 is 0 Å². The van der Waals surface area contributed by atoms with Crippen LogP contribution in [0.5, 0.6) is 5.75 Å². The maximum absolute atomic E-state index is 13.0. The number of aryl methyl sites for hydroxylation is 2. The number of ether oxygens (including phenoxy) is 1. The summed E-state index contributed by atoms with van der Waals surface area (Å²) in [6.45, 7) is -0.0757. The number of fused-ring (bicyclic) bond motifs is 3. The summed E-state index contributed by atoms with van der Waals surface area (Å²) < 4.78 is 5.25. The molecule has 0 saturated heterocycles. The number of amides is 2. The molecule has 0 fully saturated rings. The first-order chi connectivity index (χ1) is 14.5. The fraction of sp³-hybridized carbons (Fsp3) is 0.217. The minimum Gasteiger partial charge on any atom is -0.495 e. The van der Waals surface area contributed by atoms with E-state index in [0.29, 0.717) is 21.3 Å². The molecule has 1 aliphatic rings. The summed E-state index contributed by atoms with van der Waals surface area (Å²) in [7, 11) is 3.15. The number of carbonyl (C=O) groups is 2. The van der Waals surface area contributed by atoms with Crippen LogP contribution in [0.4, 0.5) is 5.69 Å². The molecule has 0 saturated carbocycles. The molecule has 7 heteroatoms. The predicted molar refractivity (Wildman–Crippen MR) is 121 cm³/mol. The fourth-order valence-corrected chi connectivity index (χ4v) is 5.06. The summed E-state index contributed by atoms with van der Waals surface area (Å²) >= 11 is 7.50. The number of anilines is 1. The molecule has 5 nitrogen and oxygen atoms in total. The lowest BCUT2D eigenvalue weighted by Gasteiger charge is -2.17. The number of rotatable bonds is 5. The SMILES string of the molecule is COc1ccc(Cl)cc1NC(=O)CN(C)C(=O)c1cc2c(s1)-c1ccccc1CC2. The Morgan fingerprint density at radius 3 is 2.70 bits per heavy atom. The number of nitrogens with zero attached hydrogens (tertiary/aromatic N) is 1. The summed E-state index contributed by atoms with van der Waals surface area (Å²) in [5.74, 6) is 0.0181. The van der Waals surface area contributed by atoms with Gasteiger partial charge >= 0.3 is 0 Å². The van der Waals surface area contributed by atoms with Gasteiger partial charge in [0.2, 0.25) is 5.91 Å². The van der Waals surface area contributed by atoms with Gasteiger partial charge in [0.15, 0.2) is 0 Å². The molecule has 30 heavy (non-hydrogen) atoms. The monoisotopic (exact) mass is 440 g/mol. The Morgan fingerprint density at radius 1 is 1.13 bits per heavy atom. The summed E-state index contributed by atoms with van der Waals surface area (Å²) in [5, 5.41) is 3.25. The second-order valence-electron chi connectivity index (χ2n) is 7.18. The maximum atomic E-state index is 13.0. The van der Waals surface area contributed by atoms with E-state index in [4.69, 9.17) is 16.3 Å². The van der Waals surface area contributed by atoms with Crippen LogP contribution in [0.25, 0.3) is 10.4 Å². The maximum Gasteiger partial charge on any atom is 0.264 e. The number of likely N-dealkylation sites (N-methyl/N-ethyl adjacent to an activating group) is 1. The Bertz CT molecular complexity index is 1130. The van der Waals surface area contributed by atoms with Crippen molar-refractivity contribution in [2.45, 2.75) is 12.8 Å². The van der Waals surface area contributed by atoms with Gasteiger partial charge in [-0.15, -0.1) is 11.3 Å². The molecule has 1 aromatic heterocycles. The molecule has 0 radical (unpaired) electrons. The summed E-state index contributed by atoms with van der Waals surface area (Å²) in [5.41, 5.74) is 4.19. The normalized spacial score (nSPS) is 12.0. The number of nitrogens with one attached hydrogen (secondary N) is 1. The van der Waals surface area contributed by atoms with Crippen molar-refractivity contribution in [3.8, 4) is 16.2 Å². The zero-order valence-corrected chi connectivity index (χ0v) is 18.3. The molecule has 0 aliphatic heterocycles. The van der Waals surface area contributed by atoms with E-state index in [-0.39, 0.29) is 18.4 Å². The fourth-order valence-electron chi connectivity index (χ4n) is 3.62. The Kier molecular flexibility index (Phi) is 5.79. The lowest BCUT2D eigenvalue weighted by Crippen LogP contribution is -2.34. The molecule has 1 N–H and O–H groups in total. The molecule has 0 bridgehead atoms.